The van der Waals surface area contributed by atoms with Crippen molar-refractivity contribution in [2.75, 3.05) is 6.61 Å². The summed E-state index contributed by atoms with van der Waals surface area (Å²) >= 11 is 0. The molecule has 0 spiro atoms. The minimum absolute atomic E-state index is 0.212. The van der Waals surface area contributed by atoms with Gasteiger partial charge >= 0.3 is 0 Å². The maximum absolute atomic E-state index is 6.01. The fraction of sp³-hybridized carbons (Fsp3) is 0.500. The van der Waals surface area contributed by atoms with Gasteiger partial charge in [-0.1, -0.05) is 0 Å². The zero-order chi connectivity index (χ0) is 9.97. The molecule has 0 aliphatic carbocycles. The van der Waals surface area contributed by atoms with Gasteiger partial charge in [0.25, 0.3) is 0 Å². The van der Waals surface area contributed by atoms with Gasteiger partial charge in [0.1, 0.15) is 11.8 Å². The van der Waals surface area contributed by atoms with Crippen molar-refractivity contribution in [3.63, 3.8) is 0 Å². The molecule has 0 radical (unpaired) electrons. The molecular weight excluding hydrogens is 178 g/mol. The molecule has 2 heterocycles. The van der Waals surface area contributed by atoms with Gasteiger partial charge in [-0.05, 0) is 18.9 Å². The number of aromatic nitrogens is 2. The van der Waals surface area contributed by atoms with E-state index in [-0.39, 0.29) is 6.04 Å². The van der Waals surface area contributed by atoms with Gasteiger partial charge in [0.15, 0.2) is 0 Å². The van der Waals surface area contributed by atoms with Gasteiger partial charge in [-0.3, -0.25) is 0 Å². The van der Waals surface area contributed by atoms with Gasteiger partial charge in [0.05, 0.1) is 18.6 Å². The highest BCUT2D eigenvalue weighted by Gasteiger charge is 2.17. The van der Waals surface area contributed by atoms with E-state index >= 15 is 0 Å². The van der Waals surface area contributed by atoms with E-state index in [0.29, 0.717) is 0 Å². The molecule has 1 unspecified atom stereocenters. The van der Waals surface area contributed by atoms with Crippen molar-refractivity contribution >= 4 is 0 Å². The number of aryl methyl sites for hydroxylation is 1. The number of allylic oxidation sites excluding steroid dienone is 1. The lowest BCUT2D eigenvalue weighted by molar-refractivity contribution is 0.175. The minimum atomic E-state index is -0.212. The van der Waals surface area contributed by atoms with Crippen LogP contribution in [0.15, 0.2) is 24.4 Å². The number of rotatable bonds is 2. The molecule has 2 N–H and O–H groups in total. The van der Waals surface area contributed by atoms with Crippen LogP contribution in [0, 0.1) is 0 Å². The Morgan fingerprint density at radius 1 is 1.64 bits per heavy atom. The molecule has 4 heteroatoms. The van der Waals surface area contributed by atoms with E-state index in [4.69, 9.17) is 10.5 Å². The summed E-state index contributed by atoms with van der Waals surface area (Å²) in [5, 5.41) is 0. The van der Waals surface area contributed by atoms with Crippen molar-refractivity contribution in [2.45, 2.75) is 18.9 Å². The van der Waals surface area contributed by atoms with E-state index in [2.05, 4.69) is 11.1 Å². The Hall–Kier alpha value is -1.29. The molecule has 1 atom stereocenters. The van der Waals surface area contributed by atoms with Gasteiger partial charge in [-0.25, -0.2) is 4.98 Å². The highest BCUT2D eigenvalue weighted by Crippen LogP contribution is 2.22. The molecule has 0 amide bonds. The number of hydrogen-bond acceptors (Lipinski definition) is 3. The van der Waals surface area contributed by atoms with Crippen molar-refractivity contribution in [1.82, 2.24) is 9.55 Å². The third-order valence-corrected chi connectivity index (χ3v) is 2.31. The lowest BCUT2D eigenvalue weighted by Gasteiger charge is -2.19. The molecule has 0 aromatic carbocycles. The third kappa shape index (κ3) is 1.80. The summed E-state index contributed by atoms with van der Waals surface area (Å²) in [4.78, 5) is 4.21. The third-order valence-electron chi connectivity index (χ3n) is 2.31. The van der Waals surface area contributed by atoms with Crippen LogP contribution in [0.1, 0.15) is 24.6 Å². The Kier molecular flexibility index (Phi) is 2.54. The monoisotopic (exact) mass is 193 g/mol. The summed E-state index contributed by atoms with van der Waals surface area (Å²) in [6, 6.07) is -0.212. The Morgan fingerprint density at radius 2 is 2.50 bits per heavy atom. The molecule has 76 valence electrons. The second kappa shape index (κ2) is 3.84. The van der Waals surface area contributed by atoms with E-state index in [1.54, 1.807) is 6.33 Å². The summed E-state index contributed by atoms with van der Waals surface area (Å²) in [7, 11) is 1.93. The first-order valence-electron chi connectivity index (χ1n) is 4.83. The number of nitrogens with zero attached hydrogens (tertiary/aromatic N) is 2. The van der Waals surface area contributed by atoms with Crippen molar-refractivity contribution in [3.8, 4) is 0 Å². The molecule has 0 saturated heterocycles. The van der Waals surface area contributed by atoms with Crippen LogP contribution in [0.3, 0.4) is 0 Å². The number of ether oxygens (including phenoxy) is 1. The second-order valence-electron chi connectivity index (χ2n) is 3.54. The van der Waals surface area contributed by atoms with E-state index in [0.717, 1.165) is 30.9 Å². The van der Waals surface area contributed by atoms with Gasteiger partial charge < -0.3 is 15.0 Å². The molecule has 4 nitrogen and oxygen atoms in total. The fourth-order valence-corrected chi connectivity index (χ4v) is 1.53. The van der Waals surface area contributed by atoms with Crippen LogP contribution >= 0.6 is 0 Å². The molecular formula is C10H15N3O. The highest BCUT2D eigenvalue weighted by molar-refractivity contribution is 5.16. The quantitative estimate of drug-likeness (QED) is 0.765. The Bertz CT molecular complexity index is 343. The summed E-state index contributed by atoms with van der Waals surface area (Å²) in [5.41, 5.74) is 6.88. The molecule has 1 aliphatic heterocycles. The van der Waals surface area contributed by atoms with Gasteiger partial charge in [-0.2, -0.15) is 0 Å². The zero-order valence-corrected chi connectivity index (χ0v) is 8.31. The minimum Gasteiger partial charge on any atom is -0.496 e. The number of nitrogens with two attached hydrogens (primary N) is 1. The average molecular weight is 193 g/mol. The van der Waals surface area contributed by atoms with Crippen molar-refractivity contribution in [3.05, 3.63) is 30.1 Å². The largest absolute Gasteiger partial charge is 0.496 e. The van der Waals surface area contributed by atoms with E-state index < -0.39 is 0 Å². The first kappa shape index (κ1) is 9.27. The Balaban J connectivity index is 2.14. The predicted octanol–water partition coefficient (Wildman–Crippen LogP) is 1.11. The summed E-state index contributed by atoms with van der Waals surface area (Å²) in [5.74, 6) is 0.856. The maximum Gasteiger partial charge on any atom is 0.115 e. The van der Waals surface area contributed by atoms with E-state index in [9.17, 15) is 0 Å². The molecule has 1 aliphatic rings. The van der Waals surface area contributed by atoms with Crippen LogP contribution in [-0.4, -0.2) is 16.2 Å². The molecule has 2 rings (SSSR count). The predicted molar refractivity (Wildman–Crippen MR) is 53.4 cm³/mol. The summed E-state index contributed by atoms with van der Waals surface area (Å²) in [6.45, 7) is 0.770. The Morgan fingerprint density at radius 3 is 3.07 bits per heavy atom. The van der Waals surface area contributed by atoms with Crippen molar-refractivity contribution < 1.29 is 4.74 Å². The summed E-state index contributed by atoms with van der Waals surface area (Å²) in [6.07, 6.45) is 7.86. The van der Waals surface area contributed by atoms with Gasteiger partial charge in [0.2, 0.25) is 0 Å². The van der Waals surface area contributed by atoms with E-state index in [1.165, 1.54) is 0 Å². The van der Waals surface area contributed by atoms with Crippen molar-refractivity contribution in [2.24, 2.45) is 12.8 Å². The fourth-order valence-electron chi connectivity index (χ4n) is 1.53. The van der Waals surface area contributed by atoms with Gasteiger partial charge in [-0.15, -0.1) is 0 Å². The first-order valence-corrected chi connectivity index (χ1v) is 4.83. The van der Waals surface area contributed by atoms with Gasteiger partial charge in [0, 0.05) is 13.2 Å². The zero-order valence-electron chi connectivity index (χ0n) is 8.31. The van der Waals surface area contributed by atoms with Crippen LogP contribution in [0.2, 0.25) is 0 Å². The molecule has 1 aromatic heterocycles. The van der Waals surface area contributed by atoms with Crippen LogP contribution in [-0.2, 0) is 11.8 Å². The lowest BCUT2D eigenvalue weighted by atomic mass is 10.1. The number of hydrogen-bond donors (Lipinski definition) is 1. The molecule has 0 fully saturated rings. The molecule has 0 saturated carbocycles. The lowest BCUT2D eigenvalue weighted by Crippen LogP contribution is -2.18. The molecule has 1 aromatic rings. The first-order chi connectivity index (χ1) is 6.77. The number of imidazole rings is 1. The average Bonchev–Trinajstić information content (AvgIpc) is 2.65. The van der Waals surface area contributed by atoms with Crippen LogP contribution in [0.4, 0.5) is 0 Å². The van der Waals surface area contributed by atoms with Crippen LogP contribution < -0.4 is 5.73 Å². The SMILES string of the molecule is Cn1cnc(C(N)C2=CCCCO2)c1. The topological polar surface area (TPSA) is 53.1 Å². The summed E-state index contributed by atoms with van der Waals surface area (Å²) < 4.78 is 7.38. The van der Waals surface area contributed by atoms with E-state index in [1.807, 2.05) is 17.8 Å². The molecule has 0 bridgehead atoms. The Labute approximate surface area is 83.4 Å². The normalized spacial score (nSPS) is 18.6. The highest BCUT2D eigenvalue weighted by atomic mass is 16.5. The molecule has 14 heavy (non-hydrogen) atoms. The standard InChI is InChI=1S/C10H15N3O/c1-13-6-8(12-7-13)10(11)9-4-2-3-5-14-9/h4,6-7,10H,2-3,5,11H2,1H3. The second-order valence-corrected chi connectivity index (χ2v) is 3.54. The van der Waals surface area contributed by atoms with Crippen molar-refractivity contribution in [1.29, 1.82) is 0 Å². The maximum atomic E-state index is 6.01. The smallest absolute Gasteiger partial charge is 0.115 e. The van der Waals surface area contributed by atoms with Crippen LogP contribution in [0.25, 0.3) is 0 Å². The van der Waals surface area contributed by atoms with Crippen LogP contribution in [0.5, 0.6) is 0 Å².